The summed E-state index contributed by atoms with van der Waals surface area (Å²) in [6.45, 7) is 6.39. The van der Waals surface area contributed by atoms with E-state index in [0.29, 0.717) is 6.04 Å². The lowest BCUT2D eigenvalue weighted by Gasteiger charge is -2.06. The van der Waals surface area contributed by atoms with Gasteiger partial charge in [0.15, 0.2) is 0 Å². The van der Waals surface area contributed by atoms with Crippen LogP contribution in [0.2, 0.25) is 0 Å². The maximum Gasteiger partial charge on any atom is 0.0926 e. The molecule has 2 heteroatoms. The Morgan fingerprint density at radius 1 is 1.13 bits per heavy atom. The zero-order chi connectivity index (χ0) is 10.8. The normalized spacial score (nSPS) is 10.9. The van der Waals surface area contributed by atoms with E-state index in [9.17, 15) is 0 Å². The molecule has 1 aromatic heterocycles. The molecule has 15 heavy (non-hydrogen) atoms. The van der Waals surface area contributed by atoms with Gasteiger partial charge in [-0.2, -0.15) is 5.10 Å². The largest absolute Gasteiger partial charge is 0.267 e. The minimum absolute atomic E-state index is 0.419. The molecule has 0 aliphatic carbocycles. The molecule has 0 atom stereocenters. The van der Waals surface area contributed by atoms with Crippen molar-refractivity contribution in [2.45, 2.75) is 26.8 Å². The van der Waals surface area contributed by atoms with Gasteiger partial charge in [0, 0.05) is 17.3 Å². The van der Waals surface area contributed by atoms with Gasteiger partial charge >= 0.3 is 0 Å². The van der Waals surface area contributed by atoms with Crippen LogP contribution in [-0.2, 0) is 0 Å². The highest BCUT2D eigenvalue weighted by Gasteiger charge is 2.07. The van der Waals surface area contributed by atoms with Gasteiger partial charge in [0.05, 0.1) is 5.69 Å². The molecule has 0 saturated carbocycles. The van der Waals surface area contributed by atoms with Crippen LogP contribution in [-0.4, -0.2) is 9.78 Å². The molecule has 2 rings (SSSR count). The van der Waals surface area contributed by atoms with Crippen molar-refractivity contribution >= 4 is 0 Å². The van der Waals surface area contributed by atoms with Crippen LogP contribution in [0.25, 0.3) is 11.3 Å². The van der Waals surface area contributed by atoms with Crippen molar-refractivity contribution in [3.05, 3.63) is 42.1 Å². The molecule has 0 bridgehead atoms. The van der Waals surface area contributed by atoms with Gasteiger partial charge < -0.3 is 0 Å². The average Bonchev–Trinajstić information content (AvgIpc) is 2.62. The van der Waals surface area contributed by atoms with Crippen LogP contribution in [0.15, 0.2) is 36.4 Å². The van der Waals surface area contributed by atoms with Crippen molar-refractivity contribution in [3.8, 4) is 11.3 Å². The molecule has 1 aromatic carbocycles. The fourth-order valence-electron chi connectivity index (χ4n) is 1.76. The lowest BCUT2D eigenvalue weighted by Crippen LogP contribution is -2.04. The van der Waals surface area contributed by atoms with E-state index in [1.165, 1.54) is 11.3 Å². The fraction of sp³-hybridized carbons (Fsp3) is 0.308. The fourth-order valence-corrected chi connectivity index (χ4v) is 1.76. The molecule has 0 aliphatic rings. The van der Waals surface area contributed by atoms with Crippen LogP contribution < -0.4 is 0 Å². The lowest BCUT2D eigenvalue weighted by atomic mass is 10.1. The maximum absolute atomic E-state index is 4.60. The zero-order valence-electron chi connectivity index (χ0n) is 9.44. The Morgan fingerprint density at radius 3 is 2.33 bits per heavy atom. The van der Waals surface area contributed by atoms with Crippen LogP contribution in [0, 0.1) is 6.92 Å². The summed E-state index contributed by atoms with van der Waals surface area (Å²) in [5.41, 5.74) is 3.45. The number of nitrogens with zero attached hydrogens (tertiary/aromatic N) is 2. The summed E-state index contributed by atoms with van der Waals surface area (Å²) >= 11 is 0. The van der Waals surface area contributed by atoms with Crippen LogP contribution >= 0.6 is 0 Å². The quantitative estimate of drug-likeness (QED) is 0.726. The summed E-state index contributed by atoms with van der Waals surface area (Å²) in [6, 6.07) is 12.8. The highest BCUT2D eigenvalue weighted by Crippen LogP contribution is 2.20. The Kier molecular flexibility index (Phi) is 2.58. The number of aromatic nitrogens is 2. The molecule has 0 aliphatic heterocycles. The van der Waals surface area contributed by atoms with Crippen molar-refractivity contribution in [2.75, 3.05) is 0 Å². The van der Waals surface area contributed by atoms with Gasteiger partial charge in [0.2, 0.25) is 0 Å². The second-order valence-electron chi connectivity index (χ2n) is 4.08. The van der Waals surface area contributed by atoms with Gasteiger partial charge in [0.25, 0.3) is 0 Å². The van der Waals surface area contributed by atoms with Crippen LogP contribution in [0.1, 0.15) is 25.6 Å². The molecule has 0 fully saturated rings. The van der Waals surface area contributed by atoms with E-state index in [1.807, 2.05) is 18.2 Å². The number of hydrogen-bond donors (Lipinski definition) is 0. The highest BCUT2D eigenvalue weighted by atomic mass is 15.3. The first-order chi connectivity index (χ1) is 7.18. The van der Waals surface area contributed by atoms with Gasteiger partial charge in [-0.15, -0.1) is 0 Å². The van der Waals surface area contributed by atoms with Gasteiger partial charge in [0.1, 0.15) is 0 Å². The first-order valence-corrected chi connectivity index (χ1v) is 5.30. The average molecular weight is 200 g/mol. The van der Waals surface area contributed by atoms with Crippen LogP contribution in [0.5, 0.6) is 0 Å². The third-order valence-electron chi connectivity index (χ3n) is 2.48. The van der Waals surface area contributed by atoms with E-state index in [0.717, 1.165) is 5.69 Å². The smallest absolute Gasteiger partial charge is 0.0926 e. The molecule has 0 radical (unpaired) electrons. The first kappa shape index (κ1) is 9.97. The lowest BCUT2D eigenvalue weighted by molar-refractivity contribution is 0.520. The summed E-state index contributed by atoms with van der Waals surface area (Å²) in [6.07, 6.45) is 0. The Balaban J connectivity index is 2.43. The summed E-state index contributed by atoms with van der Waals surface area (Å²) in [5.74, 6) is 0. The van der Waals surface area contributed by atoms with Gasteiger partial charge in [-0.25, -0.2) is 0 Å². The van der Waals surface area contributed by atoms with Gasteiger partial charge in [-0.1, -0.05) is 30.3 Å². The Bertz CT molecular complexity index is 441. The molecule has 0 unspecified atom stereocenters. The third kappa shape index (κ3) is 1.94. The SMILES string of the molecule is Cc1cc(-c2ccccc2)nn1C(C)C. The predicted molar refractivity (Wildman–Crippen MR) is 62.8 cm³/mol. The summed E-state index contributed by atoms with van der Waals surface area (Å²) in [5, 5.41) is 4.60. The standard InChI is InChI=1S/C13H16N2/c1-10(2)15-11(3)9-13(14-15)12-7-5-4-6-8-12/h4-10H,1-3H3. The molecular formula is C13H16N2. The Labute approximate surface area is 90.6 Å². The predicted octanol–water partition coefficient (Wildman–Crippen LogP) is 3.44. The molecule has 0 N–H and O–H groups in total. The van der Waals surface area contributed by atoms with E-state index in [-0.39, 0.29) is 0 Å². The summed E-state index contributed by atoms with van der Waals surface area (Å²) < 4.78 is 2.06. The molecule has 0 saturated heterocycles. The Hall–Kier alpha value is -1.57. The van der Waals surface area contributed by atoms with Crippen molar-refractivity contribution in [2.24, 2.45) is 0 Å². The maximum atomic E-state index is 4.60. The van der Waals surface area contributed by atoms with Gasteiger partial charge in [-0.3, -0.25) is 4.68 Å². The van der Waals surface area contributed by atoms with Crippen molar-refractivity contribution < 1.29 is 0 Å². The molecule has 78 valence electrons. The van der Waals surface area contributed by atoms with Crippen LogP contribution in [0.4, 0.5) is 0 Å². The van der Waals surface area contributed by atoms with Crippen molar-refractivity contribution in [1.29, 1.82) is 0 Å². The van der Waals surface area contributed by atoms with Crippen LogP contribution in [0.3, 0.4) is 0 Å². The van der Waals surface area contributed by atoms with E-state index >= 15 is 0 Å². The molecular weight excluding hydrogens is 184 g/mol. The molecule has 1 heterocycles. The molecule has 0 amide bonds. The second-order valence-corrected chi connectivity index (χ2v) is 4.08. The third-order valence-corrected chi connectivity index (χ3v) is 2.48. The first-order valence-electron chi connectivity index (χ1n) is 5.30. The van der Waals surface area contributed by atoms with E-state index in [4.69, 9.17) is 0 Å². The molecule has 0 spiro atoms. The minimum Gasteiger partial charge on any atom is -0.267 e. The Morgan fingerprint density at radius 2 is 1.80 bits per heavy atom. The minimum atomic E-state index is 0.419. The summed E-state index contributed by atoms with van der Waals surface area (Å²) in [7, 11) is 0. The number of rotatable bonds is 2. The zero-order valence-corrected chi connectivity index (χ0v) is 9.44. The van der Waals surface area contributed by atoms with E-state index < -0.39 is 0 Å². The van der Waals surface area contributed by atoms with E-state index in [2.05, 4.69) is 48.8 Å². The van der Waals surface area contributed by atoms with Gasteiger partial charge in [-0.05, 0) is 26.8 Å². The molecule has 2 aromatic rings. The molecule has 2 nitrogen and oxygen atoms in total. The van der Waals surface area contributed by atoms with Crippen molar-refractivity contribution in [3.63, 3.8) is 0 Å². The highest BCUT2D eigenvalue weighted by molar-refractivity contribution is 5.58. The second kappa shape index (κ2) is 3.89. The number of benzene rings is 1. The number of aryl methyl sites for hydroxylation is 1. The monoisotopic (exact) mass is 200 g/mol. The van der Waals surface area contributed by atoms with Crippen molar-refractivity contribution in [1.82, 2.24) is 9.78 Å². The van der Waals surface area contributed by atoms with E-state index in [1.54, 1.807) is 0 Å². The topological polar surface area (TPSA) is 17.8 Å². The number of hydrogen-bond acceptors (Lipinski definition) is 1. The summed E-state index contributed by atoms with van der Waals surface area (Å²) in [4.78, 5) is 0.